The van der Waals surface area contributed by atoms with Crippen LogP contribution in [0.3, 0.4) is 0 Å². The molecule has 0 saturated heterocycles. The van der Waals surface area contributed by atoms with Crippen molar-refractivity contribution in [3.05, 3.63) is 22.7 Å². The molecule has 102 valence electrons. The van der Waals surface area contributed by atoms with Gasteiger partial charge < -0.3 is 10.5 Å². The van der Waals surface area contributed by atoms with Gasteiger partial charge in [0.05, 0.1) is 7.11 Å². The topological polar surface area (TPSA) is 81.4 Å². The molecule has 0 fully saturated rings. The molecule has 18 heavy (non-hydrogen) atoms. The lowest BCUT2D eigenvalue weighted by Gasteiger charge is -2.19. The highest BCUT2D eigenvalue weighted by Crippen LogP contribution is 2.27. The molecule has 0 aromatic heterocycles. The first-order valence-electron chi connectivity index (χ1n) is 5.28. The van der Waals surface area contributed by atoms with E-state index in [0.717, 1.165) is 0 Å². The maximum Gasteiger partial charge on any atom is 0.244 e. The van der Waals surface area contributed by atoms with E-state index in [1.165, 1.54) is 13.2 Å². The van der Waals surface area contributed by atoms with Gasteiger partial charge in [-0.25, -0.2) is 13.1 Å². The van der Waals surface area contributed by atoms with Crippen LogP contribution in [-0.4, -0.2) is 27.6 Å². The van der Waals surface area contributed by atoms with E-state index >= 15 is 0 Å². The number of methoxy groups -OCH3 is 1. The molecule has 0 heterocycles. The summed E-state index contributed by atoms with van der Waals surface area (Å²) in [6.45, 7) is 3.63. The van der Waals surface area contributed by atoms with Crippen LogP contribution in [0.15, 0.2) is 27.6 Å². The molecule has 0 saturated carbocycles. The normalized spacial score (nSPS) is 12.5. The van der Waals surface area contributed by atoms with Crippen molar-refractivity contribution in [1.29, 1.82) is 0 Å². The Balaban J connectivity index is 3.08. The fourth-order valence-corrected chi connectivity index (χ4v) is 3.15. The summed E-state index contributed by atoms with van der Waals surface area (Å²) in [5.41, 5.74) is 5.13. The predicted molar refractivity (Wildman–Crippen MR) is 74.1 cm³/mol. The zero-order valence-electron chi connectivity index (χ0n) is 10.5. The van der Waals surface area contributed by atoms with Crippen molar-refractivity contribution in [3.8, 4) is 5.75 Å². The van der Waals surface area contributed by atoms with Crippen LogP contribution in [0.1, 0.15) is 13.8 Å². The van der Waals surface area contributed by atoms with E-state index < -0.39 is 15.6 Å². The Labute approximate surface area is 116 Å². The Morgan fingerprint density at radius 3 is 2.56 bits per heavy atom. The Bertz CT molecular complexity index is 524. The summed E-state index contributed by atoms with van der Waals surface area (Å²) in [5.74, 6) is 0.292. The van der Waals surface area contributed by atoms with Gasteiger partial charge in [0.1, 0.15) is 10.6 Å². The zero-order chi connectivity index (χ0) is 14.0. The van der Waals surface area contributed by atoms with Crippen molar-refractivity contribution in [2.45, 2.75) is 24.3 Å². The van der Waals surface area contributed by atoms with Crippen LogP contribution >= 0.6 is 15.9 Å². The van der Waals surface area contributed by atoms with E-state index in [2.05, 4.69) is 20.7 Å². The lowest BCUT2D eigenvalue weighted by molar-refractivity contribution is 0.401. The number of nitrogens with two attached hydrogens (primary N) is 1. The van der Waals surface area contributed by atoms with Crippen LogP contribution in [0.25, 0.3) is 0 Å². The molecule has 1 rings (SSSR count). The first-order chi connectivity index (χ1) is 8.15. The Kier molecular flexibility index (Phi) is 4.77. The van der Waals surface area contributed by atoms with E-state index in [9.17, 15) is 8.42 Å². The maximum absolute atomic E-state index is 12.1. The van der Waals surface area contributed by atoms with Gasteiger partial charge in [0, 0.05) is 16.6 Å². The Morgan fingerprint density at radius 2 is 2.06 bits per heavy atom. The number of sulfonamides is 1. The second-order valence-electron chi connectivity index (χ2n) is 4.61. The highest BCUT2D eigenvalue weighted by Gasteiger charge is 2.22. The molecule has 0 aliphatic heterocycles. The molecule has 0 atom stereocenters. The molecule has 0 amide bonds. The smallest absolute Gasteiger partial charge is 0.244 e. The van der Waals surface area contributed by atoms with Crippen molar-refractivity contribution < 1.29 is 13.2 Å². The van der Waals surface area contributed by atoms with Crippen LogP contribution in [-0.2, 0) is 10.0 Å². The molecule has 0 aliphatic rings. The summed E-state index contributed by atoms with van der Waals surface area (Å²) in [7, 11) is -2.22. The minimum Gasteiger partial charge on any atom is -0.495 e. The Hall–Kier alpha value is -0.630. The maximum atomic E-state index is 12.1. The Morgan fingerprint density at radius 1 is 1.44 bits per heavy atom. The lowest BCUT2D eigenvalue weighted by Crippen LogP contribution is -2.45. The van der Waals surface area contributed by atoms with Gasteiger partial charge in [-0.2, -0.15) is 0 Å². The van der Waals surface area contributed by atoms with E-state index in [-0.39, 0.29) is 11.4 Å². The van der Waals surface area contributed by atoms with Gasteiger partial charge in [-0.15, -0.1) is 0 Å². The van der Waals surface area contributed by atoms with Crippen LogP contribution in [0.4, 0.5) is 0 Å². The molecule has 5 nitrogen and oxygen atoms in total. The predicted octanol–water partition coefficient (Wildman–Crippen LogP) is 1.47. The standard InChI is InChI=1S/C11H17BrN2O3S/c1-11(2,13)7-14-18(15,16)10-6-8(12)4-5-9(10)17-3/h4-6,14H,7,13H2,1-3H3. The van der Waals surface area contributed by atoms with Crippen molar-refractivity contribution >= 4 is 26.0 Å². The van der Waals surface area contributed by atoms with Crippen molar-refractivity contribution in [2.75, 3.05) is 13.7 Å². The monoisotopic (exact) mass is 336 g/mol. The molecule has 0 aliphatic carbocycles. The quantitative estimate of drug-likeness (QED) is 0.853. The van der Waals surface area contributed by atoms with Gasteiger partial charge in [0.2, 0.25) is 10.0 Å². The van der Waals surface area contributed by atoms with Gasteiger partial charge in [-0.05, 0) is 32.0 Å². The SMILES string of the molecule is COc1ccc(Br)cc1S(=O)(=O)NCC(C)(C)N. The number of rotatable bonds is 5. The molecule has 0 bridgehead atoms. The van der Waals surface area contributed by atoms with Crippen LogP contribution in [0.5, 0.6) is 5.75 Å². The second kappa shape index (κ2) is 5.56. The third kappa shape index (κ3) is 4.24. The third-order valence-corrected chi connectivity index (χ3v) is 4.05. The van der Waals surface area contributed by atoms with Crippen molar-refractivity contribution in [2.24, 2.45) is 5.73 Å². The zero-order valence-corrected chi connectivity index (χ0v) is 12.9. The van der Waals surface area contributed by atoms with Crippen molar-refractivity contribution in [1.82, 2.24) is 4.72 Å². The van der Waals surface area contributed by atoms with Crippen LogP contribution in [0.2, 0.25) is 0 Å². The first kappa shape index (κ1) is 15.4. The van der Waals surface area contributed by atoms with Gasteiger partial charge in [0.25, 0.3) is 0 Å². The number of benzene rings is 1. The summed E-state index contributed by atoms with van der Waals surface area (Å²) < 4.78 is 32.5. The van der Waals surface area contributed by atoms with Gasteiger partial charge in [-0.1, -0.05) is 15.9 Å². The second-order valence-corrected chi connectivity index (χ2v) is 7.26. The van der Waals surface area contributed by atoms with E-state index in [4.69, 9.17) is 10.5 Å². The minimum absolute atomic E-state index is 0.0867. The minimum atomic E-state index is -3.64. The average molecular weight is 337 g/mol. The summed E-state index contributed by atoms with van der Waals surface area (Å²) in [5, 5.41) is 0. The van der Waals surface area contributed by atoms with Crippen LogP contribution < -0.4 is 15.2 Å². The molecule has 0 radical (unpaired) electrons. The highest BCUT2D eigenvalue weighted by molar-refractivity contribution is 9.10. The number of hydrogen-bond donors (Lipinski definition) is 2. The lowest BCUT2D eigenvalue weighted by atomic mass is 10.1. The summed E-state index contributed by atoms with van der Waals surface area (Å²) >= 11 is 3.24. The number of nitrogens with one attached hydrogen (secondary N) is 1. The molecule has 3 N–H and O–H groups in total. The average Bonchev–Trinajstić information content (AvgIpc) is 2.26. The summed E-state index contributed by atoms with van der Waals surface area (Å²) in [6.07, 6.45) is 0. The largest absolute Gasteiger partial charge is 0.495 e. The fraction of sp³-hybridized carbons (Fsp3) is 0.455. The van der Waals surface area contributed by atoms with Gasteiger partial charge >= 0.3 is 0 Å². The molecular weight excluding hydrogens is 320 g/mol. The molecule has 1 aromatic rings. The van der Waals surface area contributed by atoms with Gasteiger partial charge in [-0.3, -0.25) is 0 Å². The third-order valence-electron chi connectivity index (χ3n) is 2.13. The molecular formula is C11H17BrN2O3S. The van der Waals surface area contributed by atoms with Crippen LogP contribution in [0, 0.1) is 0 Å². The van der Waals surface area contributed by atoms with E-state index in [1.54, 1.807) is 26.0 Å². The number of ether oxygens (including phenoxy) is 1. The molecule has 0 spiro atoms. The molecule has 0 unspecified atom stereocenters. The summed E-state index contributed by atoms with van der Waals surface area (Å²) in [6, 6.07) is 4.79. The van der Waals surface area contributed by atoms with E-state index in [0.29, 0.717) is 10.2 Å². The van der Waals surface area contributed by atoms with Crippen molar-refractivity contribution in [3.63, 3.8) is 0 Å². The fourth-order valence-electron chi connectivity index (χ4n) is 1.22. The highest BCUT2D eigenvalue weighted by atomic mass is 79.9. The van der Waals surface area contributed by atoms with E-state index in [1.807, 2.05) is 0 Å². The number of halogens is 1. The number of hydrogen-bond acceptors (Lipinski definition) is 4. The molecule has 7 heteroatoms. The summed E-state index contributed by atoms with van der Waals surface area (Å²) in [4.78, 5) is 0.0867. The van der Waals surface area contributed by atoms with Gasteiger partial charge in [0.15, 0.2) is 0 Å². The molecule has 1 aromatic carbocycles. The first-order valence-corrected chi connectivity index (χ1v) is 7.55.